The van der Waals surface area contributed by atoms with Gasteiger partial charge in [-0.2, -0.15) is 0 Å². The Morgan fingerprint density at radius 1 is 1.13 bits per heavy atom. The van der Waals surface area contributed by atoms with Gasteiger partial charge in [0.15, 0.2) is 12.4 Å². The monoisotopic (exact) mass is 413 g/mol. The predicted molar refractivity (Wildman–Crippen MR) is 109 cm³/mol. The number of amides is 3. The quantitative estimate of drug-likeness (QED) is 0.718. The summed E-state index contributed by atoms with van der Waals surface area (Å²) >= 11 is 0. The molecule has 1 N–H and O–H groups in total. The van der Waals surface area contributed by atoms with Gasteiger partial charge in [0, 0.05) is 50.5 Å². The summed E-state index contributed by atoms with van der Waals surface area (Å²) in [6.07, 6.45) is 3.93. The molecule has 3 heterocycles. The van der Waals surface area contributed by atoms with E-state index < -0.39 is 0 Å². The first-order valence-electron chi connectivity index (χ1n) is 10.7. The molecule has 1 aromatic rings. The van der Waals surface area contributed by atoms with Crippen LogP contribution in [0.25, 0.3) is 0 Å². The number of carbonyl (C=O) groups excluding carboxylic acids is 4. The summed E-state index contributed by atoms with van der Waals surface area (Å²) in [4.78, 5) is 52.2. The van der Waals surface area contributed by atoms with Gasteiger partial charge in [0.05, 0.1) is 5.69 Å². The molecule has 4 rings (SSSR count). The van der Waals surface area contributed by atoms with Crippen LogP contribution in [0.15, 0.2) is 18.2 Å². The number of benzene rings is 1. The molecule has 3 aliphatic heterocycles. The zero-order valence-corrected chi connectivity index (χ0v) is 17.0. The summed E-state index contributed by atoms with van der Waals surface area (Å²) in [5, 5.41) is 2.73. The molecule has 1 aromatic carbocycles. The number of hydrogen-bond acceptors (Lipinski definition) is 5. The van der Waals surface area contributed by atoms with Gasteiger partial charge in [-0.05, 0) is 43.9 Å². The number of nitrogens with one attached hydrogen (secondary N) is 1. The number of likely N-dealkylation sites (tertiary alicyclic amines) is 2. The van der Waals surface area contributed by atoms with Crippen LogP contribution in [-0.4, -0.2) is 66.1 Å². The summed E-state index contributed by atoms with van der Waals surface area (Å²) in [6, 6.07) is 5.12. The summed E-state index contributed by atoms with van der Waals surface area (Å²) in [7, 11) is 0. The zero-order chi connectivity index (χ0) is 21.1. The number of nitrogens with zero attached hydrogens (tertiary/aromatic N) is 2. The van der Waals surface area contributed by atoms with E-state index in [0.29, 0.717) is 68.7 Å². The van der Waals surface area contributed by atoms with Crippen molar-refractivity contribution in [1.82, 2.24) is 9.80 Å². The maximum Gasteiger partial charge on any atom is 0.262 e. The highest BCUT2D eigenvalue weighted by molar-refractivity contribution is 6.01. The van der Waals surface area contributed by atoms with E-state index in [9.17, 15) is 19.2 Å². The normalized spacial score (nSPS) is 19.3. The second kappa shape index (κ2) is 8.85. The third-order valence-corrected chi connectivity index (χ3v) is 6.11. The number of rotatable bonds is 6. The molecule has 0 saturated carbocycles. The van der Waals surface area contributed by atoms with Crippen LogP contribution in [0.2, 0.25) is 0 Å². The fourth-order valence-corrected chi connectivity index (χ4v) is 4.38. The van der Waals surface area contributed by atoms with E-state index in [2.05, 4.69) is 5.32 Å². The highest BCUT2D eigenvalue weighted by Crippen LogP contribution is 2.31. The van der Waals surface area contributed by atoms with Crippen LogP contribution in [0.4, 0.5) is 5.69 Å². The SMILES string of the molecule is O=C1COc2ccc(C(=O)C3CCN(C(=O)CCCN4CCCC4=O)CC3)cc2N1. The van der Waals surface area contributed by atoms with E-state index >= 15 is 0 Å². The van der Waals surface area contributed by atoms with Gasteiger partial charge in [0.1, 0.15) is 5.75 Å². The van der Waals surface area contributed by atoms with Crippen LogP contribution in [-0.2, 0) is 14.4 Å². The molecule has 2 saturated heterocycles. The Kier molecular flexibility index (Phi) is 6.01. The number of ether oxygens (including phenoxy) is 1. The molecule has 2 fully saturated rings. The van der Waals surface area contributed by atoms with E-state index in [1.807, 2.05) is 9.80 Å². The minimum atomic E-state index is -0.229. The molecule has 0 atom stereocenters. The Hall–Kier alpha value is -2.90. The molecular formula is C22H27N3O5. The summed E-state index contributed by atoms with van der Waals surface area (Å²) < 4.78 is 5.34. The molecular weight excluding hydrogens is 386 g/mol. The third-order valence-electron chi connectivity index (χ3n) is 6.11. The Morgan fingerprint density at radius 2 is 1.93 bits per heavy atom. The number of Topliss-reactive ketones (excluding diaryl/α,β-unsaturated/α-hetero) is 1. The molecule has 0 unspecified atom stereocenters. The van der Waals surface area contributed by atoms with Gasteiger partial charge in [-0.25, -0.2) is 0 Å². The lowest BCUT2D eigenvalue weighted by atomic mass is 9.88. The Labute approximate surface area is 175 Å². The highest BCUT2D eigenvalue weighted by Gasteiger charge is 2.29. The fraction of sp³-hybridized carbons (Fsp3) is 0.545. The van der Waals surface area contributed by atoms with Crippen molar-refractivity contribution >= 4 is 29.2 Å². The van der Waals surface area contributed by atoms with Gasteiger partial charge in [-0.3, -0.25) is 19.2 Å². The van der Waals surface area contributed by atoms with E-state index in [1.54, 1.807) is 18.2 Å². The molecule has 3 aliphatic rings. The maximum absolute atomic E-state index is 12.9. The fourth-order valence-electron chi connectivity index (χ4n) is 4.38. The van der Waals surface area contributed by atoms with E-state index in [4.69, 9.17) is 4.74 Å². The van der Waals surface area contributed by atoms with Crippen LogP contribution in [0.1, 0.15) is 48.9 Å². The van der Waals surface area contributed by atoms with Crippen molar-refractivity contribution in [3.63, 3.8) is 0 Å². The minimum absolute atomic E-state index is 0.0128. The van der Waals surface area contributed by atoms with Crippen LogP contribution in [0.3, 0.4) is 0 Å². The van der Waals surface area contributed by atoms with E-state index in [1.165, 1.54) is 0 Å². The molecule has 0 spiro atoms. The van der Waals surface area contributed by atoms with Crippen molar-refractivity contribution in [1.29, 1.82) is 0 Å². The van der Waals surface area contributed by atoms with Crippen molar-refractivity contribution in [3.05, 3.63) is 23.8 Å². The molecule has 0 aliphatic carbocycles. The van der Waals surface area contributed by atoms with Gasteiger partial charge >= 0.3 is 0 Å². The van der Waals surface area contributed by atoms with Crippen molar-refractivity contribution < 1.29 is 23.9 Å². The number of piperidine rings is 1. The molecule has 30 heavy (non-hydrogen) atoms. The van der Waals surface area contributed by atoms with Crippen LogP contribution >= 0.6 is 0 Å². The zero-order valence-electron chi connectivity index (χ0n) is 17.0. The number of hydrogen-bond donors (Lipinski definition) is 1. The van der Waals surface area contributed by atoms with Crippen molar-refractivity contribution in [2.75, 3.05) is 38.1 Å². The molecule has 8 heteroatoms. The van der Waals surface area contributed by atoms with Crippen molar-refractivity contribution in [2.45, 2.75) is 38.5 Å². The number of carbonyl (C=O) groups is 4. The minimum Gasteiger partial charge on any atom is -0.482 e. The lowest BCUT2D eigenvalue weighted by Gasteiger charge is -2.31. The van der Waals surface area contributed by atoms with Crippen LogP contribution in [0, 0.1) is 5.92 Å². The first-order chi connectivity index (χ1) is 14.5. The Morgan fingerprint density at radius 3 is 2.67 bits per heavy atom. The maximum atomic E-state index is 12.9. The first-order valence-corrected chi connectivity index (χ1v) is 10.7. The first kappa shape index (κ1) is 20.4. The summed E-state index contributed by atoms with van der Waals surface area (Å²) in [6.45, 7) is 2.59. The van der Waals surface area contributed by atoms with Crippen molar-refractivity contribution in [3.8, 4) is 5.75 Å². The van der Waals surface area contributed by atoms with Gasteiger partial charge in [-0.15, -0.1) is 0 Å². The summed E-state index contributed by atoms with van der Waals surface area (Å²) in [5.74, 6) is 0.540. The molecule has 8 nitrogen and oxygen atoms in total. The van der Waals surface area contributed by atoms with Gasteiger partial charge in [-0.1, -0.05) is 0 Å². The van der Waals surface area contributed by atoms with Crippen LogP contribution < -0.4 is 10.1 Å². The predicted octanol–water partition coefficient (Wildman–Crippen LogP) is 1.84. The average Bonchev–Trinajstić information content (AvgIpc) is 3.17. The second-order valence-corrected chi connectivity index (χ2v) is 8.15. The number of anilines is 1. The number of fused-ring (bicyclic) bond motifs is 1. The summed E-state index contributed by atoms with van der Waals surface area (Å²) in [5.41, 5.74) is 1.08. The molecule has 160 valence electrons. The molecule has 0 aromatic heterocycles. The third kappa shape index (κ3) is 4.47. The van der Waals surface area contributed by atoms with Crippen molar-refractivity contribution in [2.24, 2.45) is 5.92 Å². The highest BCUT2D eigenvalue weighted by atomic mass is 16.5. The Balaban J connectivity index is 1.25. The topological polar surface area (TPSA) is 96.0 Å². The standard InChI is InChI=1S/C22H27N3O5/c26-19-14-30-18-6-5-16(13-17(18)23-19)22(29)15-7-11-25(12-8-15)21(28)4-2-10-24-9-1-3-20(24)27/h5-6,13,15H,1-4,7-12,14H2,(H,23,26). The van der Waals surface area contributed by atoms with E-state index in [0.717, 1.165) is 13.0 Å². The van der Waals surface area contributed by atoms with Gasteiger partial charge in [0.2, 0.25) is 11.8 Å². The molecule has 3 amide bonds. The number of ketones is 1. The average molecular weight is 413 g/mol. The Bertz CT molecular complexity index is 860. The molecule has 0 bridgehead atoms. The lowest BCUT2D eigenvalue weighted by Crippen LogP contribution is -2.40. The van der Waals surface area contributed by atoms with Gasteiger partial charge in [0.25, 0.3) is 5.91 Å². The van der Waals surface area contributed by atoms with E-state index in [-0.39, 0.29) is 36.0 Å². The smallest absolute Gasteiger partial charge is 0.262 e. The largest absolute Gasteiger partial charge is 0.482 e. The lowest BCUT2D eigenvalue weighted by molar-refractivity contribution is -0.133. The van der Waals surface area contributed by atoms with Gasteiger partial charge < -0.3 is 19.9 Å². The van der Waals surface area contributed by atoms with Crippen LogP contribution in [0.5, 0.6) is 5.75 Å². The molecule has 0 radical (unpaired) electrons. The second-order valence-electron chi connectivity index (χ2n) is 8.15.